The molecule has 0 heterocycles. The van der Waals surface area contributed by atoms with Gasteiger partial charge in [-0.3, -0.25) is 4.55 Å². The minimum Gasteiger partial charge on any atom is -0.281 e. The molecule has 1 N–H and O–H groups in total. The fraction of sp³-hybridized carbons (Fsp3) is 0.222. The second-order valence-electron chi connectivity index (χ2n) is 3.86. The lowest BCUT2D eigenvalue weighted by Gasteiger charge is -2.23. The Bertz CT molecular complexity index is 880. The van der Waals surface area contributed by atoms with Crippen molar-refractivity contribution in [1.29, 1.82) is 0 Å². The van der Waals surface area contributed by atoms with Crippen molar-refractivity contribution in [1.82, 2.24) is 0 Å². The number of alkyl halides is 4. The van der Waals surface area contributed by atoms with E-state index < -0.39 is 52.7 Å². The maximum atomic E-state index is 13.4. The van der Waals surface area contributed by atoms with E-state index in [9.17, 15) is 43.2 Å². The first kappa shape index (κ1) is 19.2. The highest BCUT2D eigenvalue weighted by molar-refractivity contribution is 7.94. The molecule has 1 aromatic carbocycles. The molecule has 0 aliphatic carbocycles. The fourth-order valence-electron chi connectivity index (χ4n) is 1.26. The topological polar surface area (TPSA) is 92.9 Å². The van der Waals surface area contributed by atoms with Gasteiger partial charge >= 0.3 is 20.6 Å². The number of benzene rings is 1. The highest BCUT2D eigenvalue weighted by Crippen LogP contribution is 2.45. The normalized spacial score (nSPS) is 13.7. The van der Waals surface area contributed by atoms with Crippen molar-refractivity contribution in [2.75, 3.05) is 0 Å². The summed E-state index contributed by atoms with van der Waals surface area (Å²) in [6, 6.07) is -0.723. The first-order valence-corrected chi connectivity index (χ1v) is 7.87. The van der Waals surface area contributed by atoms with Gasteiger partial charge in [0, 0.05) is 0 Å². The van der Waals surface area contributed by atoms with Gasteiger partial charge in [-0.05, 0) is 12.1 Å². The molecular weight excluding hydrogens is 380 g/mol. The average molecular weight is 383 g/mol. The van der Waals surface area contributed by atoms with Crippen LogP contribution in [0.5, 0.6) is 0 Å². The van der Waals surface area contributed by atoms with E-state index in [2.05, 4.69) is 4.85 Å². The Kier molecular flexibility index (Phi) is 4.47. The van der Waals surface area contributed by atoms with E-state index in [4.69, 9.17) is 11.1 Å². The summed E-state index contributed by atoms with van der Waals surface area (Å²) in [6.45, 7) is 6.37. The van der Waals surface area contributed by atoms with Crippen molar-refractivity contribution < 1.29 is 47.7 Å². The molecule has 0 radical (unpaired) electrons. The standard InChI is InChI=1S/C9H3F6NO5S2/c1-16-7-5(10)2-4(3-6(7)11)22(17,18)8(12,13)9(14,15)23(19,20)21/h2-3H,(H,19,20,21). The molecule has 1 rings (SSSR count). The van der Waals surface area contributed by atoms with Crippen LogP contribution in [-0.2, 0) is 20.0 Å². The zero-order valence-electron chi connectivity index (χ0n) is 10.3. The van der Waals surface area contributed by atoms with Crippen LogP contribution in [0.1, 0.15) is 0 Å². The number of halogens is 6. The van der Waals surface area contributed by atoms with Gasteiger partial charge in [0.25, 0.3) is 15.5 Å². The Morgan fingerprint density at radius 1 is 0.957 bits per heavy atom. The van der Waals surface area contributed by atoms with Crippen LogP contribution in [0.2, 0.25) is 0 Å². The molecule has 0 aliphatic rings. The summed E-state index contributed by atoms with van der Waals surface area (Å²) in [5.74, 6) is -3.91. The van der Waals surface area contributed by atoms with Gasteiger partial charge in [0.05, 0.1) is 11.5 Å². The number of hydrogen-bond acceptors (Lipinski definition) is 4. The van der Waals surface area contributed by atoms with Crippen LogP contribution in [0.25, 0.3) is 4.85 Å². The highest BCUT2D eigenvalue weighted by atomic mass is 32.2. The van der Waals surface area contributed by atoms with Crippen molar-refractivity contribution in [2.24, 2.45) is 0 Å². The van der Waals surface area contributed by atoms with E-state index in [1.807, 2.05) is 0 Å². The van der Waals surface area contributed by atoms with Gasteiger partial charge < -0.3 is 0 Å². The van der Waals surface area contributed by atoms with Crippen LogP contribution in [0.15, 0.2) is 17.0 Å². The molecule has 0 atom stereocenters. The van der Waals surface area contributed by atoms with Gasteiger partial charge in [-0.2, -0.15) is 26.0 Å². The first-order valence-electron chi connectivity index (χ1n) is 4.95. The molecule has 128 valence electrons. The number of hydrogen-bond donors (Lipinski definition) is 1. The molecular formula is C9H3F6NO5S2. The molecule has 0 aliphatic heterocycles. The summed E-state index contributed by atoms with van der Waals surface area (Å²) in [5, 5.41) is -12.9. The number of sulfone groups is 1. The van der Waals surface area contributed by atoms with Gasteiger partial charge in [-0.15, -0.1) is 0 Å². The van der Waals surface area contributed by atoms with E-state index in [1.54, 1.807) is 0 Å². The molecule has 23 heavy (non-hydrogen) atoms. The minimum atomic E-state index is -6.88. The zero-order valence-corrected chi connectivity index (χ0v) is 11.9. The zero-order chi connectivity index (χ0) is 18.4. The lowest BCUT2D eigenvalue weighted by molar-refractivity contribution is -0.101. The Labute approximate surface area is 124 Å². The molecule has 0 saturated carbocycles. The minimum absolute atomic E-state index is 0.361. The van der Waals surface area contributed by atoms with Crippen LogP contribution in [0.3, 0.4) is 0 Å². The molecule has 1 aromatic rings. The third-order valence-electron chi connectivity index (χ3n) is 2.41. The number of nitrogens with zero attached hydrogens (tertiary/aromatic N) is 1. The molecule has 0 spiro atoms. The van der Waals surface area contributed by atoms with E-state index in [0.29, 0.717) is 0 Å². The van der Waals surface area contributed by atoms with E-state index in [1.165, 1.54) is 0 Å². The van der Waals surface area contributed by atoms with Gasteiger partial charge in [-0.1, -0.05) is 0 Å². The van der Waals surface area contributed by atoms with Crippen molar-refractivity contribution >= 4 is 25.6 Å². The van der Waals surface area contributed by atoms with Gasteiger partial charge in [0.2, 0.25) is 0 Å². The second kappa shape index (κ2) is 5.35. The maximum absolute atomic E-state index is 13.4. The van der Waals surface area contributed by atoms with Gasteiger partial charge in [-0.25, -0.2) is 22.0 Å². The van der Waals surface area contributed by atoms with Gasteiger partial charge in [0.1, 0.15) is 11.6 Å². The Morgan fingerprint density at radius 3 is 1.65 bits per heavy atom. The summed E-state index contributed by atoms with van der Waals surface area (Å²) in [5.41, 5.74) is -1.39. The van der Waals surface area contributed by atoms with Crippen LogP contribution >= 0.6 is 0 Å². The van der Waals surface area contributed by atoms with Crippen molar-refractivity contribution in [3.8, 4) is 0 Å². The SMILES string of the molecule is [C-]#[N+]c1c(F)cc(S(=O)(=O)C(F)(F)C(F)(F)S(=O)(=O)O)cc1F. The summed E-state index contributed by atoms with van der Waals surface area (Å²) < 4.78 is 131. The van der Waals surface area contributed by atoms with Crippen molar-refractivity contribution in [3.05, 3.63) is 35.2 Å². The lowest BCUT2D eigenvalue weighted by atomic mass is 10.3. The maximum Gasteiger partial charge on any atom is 0.447 e. The summed E-state index contributed by atoms with van der Waals surface area (Å²) in [7, 11) is -13.5. The van der Waals surface area contributed by atoms with Crippen LogP contribution in [0.4, 0.5) is 32.0 Å². The van der Waals surface area contributed by atoms with Crippen LogP contribution in [0, 0.1) is 18.2 Å². The molecule has 0 bridgehead atoms. The molecule has 0 aromatic heterocycles. The predicted molar refractivity (Wildman–Crippen MR) is 61.2 cm³/mol. The monoisotopic (exact) mass is 383 g/mol. The van der Waals surface area contributed by atoms with Crippen molar-refractivity contribution in [2.45, 2.75) is 15.4 Å². The van der Waals surface area contributed by atoms with Crippen LogP contribution < -0.4 is 0 Å². The van der Waals surface area contributed by atoms with Gasteiger partial charge in [0.15, 0.2) is 0 Å². The Morgan fingerprint density at radius 2 is 1.35 bits per heavy atom. The third kappa shape index (κ3) is 2.75. The van der Waals surface area contributed by atoms with E-state index >= 15 is 0 Å². The summed E-state index contributed by atoms with van der Waals surface area (Å²) in [4.78, 5) is 0.229. The largest absolute Gasteiger partial charge is 0.447 e. The predicted octanol–water partition coefficient (Wildman–Crippen LogP) is 2.36. The van der Waals surface area contributed by atoms with E-state index in [0.717, 1.165) is 0 Å². The first-order chi connectivity index (χ1) is 10.1. The Balaban J connectivity index is 3.70. The van der Waals surface area contributed by atoms with Crippen molar-refractivity contribution in [3.63, 3.8) is 0 Å². The molecule has 0 saturated heterocycles. The molecule has 14 heteroatoms. The smallest absolute Gasteiger partial charge is 0.281 e. The summed E-state index contributed by atoms with van der Waals surface area (Å²) in [6.07, 6.45) is 0. The Hall–Kier alpha value is -1.85. The number of rotatable bonds is 4. The lowest BCUT2D eigenvalue weighted by Crippen LogP contribution is -2.51. The third-order valence-corrected chi connectivity index (χ3v) is 5.23. The molecule has 0 unspecified atom stereocenters. The highest BCUT2D eigenvalue weighted by Gasteiger charge is 2.73. The average Bonchev–Trinajstić information content (AvgIpc) is 2.36. The quantitative estimate of drug-likeness (QED) is 0.490. The van der Waals surface area contributed by atoms with Crippen LogP contribution in [-0.4, -0.2) is 31.9 Å². The second-order valence-corrected chi connectivity index (χ2v) is 7.31. The molecule has 0 amide bonds. The molecule has 0 fully saturated rings. The summed E-state index contributed by atoms with van der Waals surface area (Å²) >= 11 is 0. The molecule has 6 nitrogen and oxygen atoms in total. The van der Waals surface area contributed by atoms with E-state index in [-0.39, 0.29) is 12.1 Å². The fourth-order valence-corrected chi connectivity index (χ4v) is 3.33.